The van der Waals surface area contributed by atoms with Crippen LogP contribution >= 0.6 is 0 Å². The van der Waals surface area contributed by atoms with E-state index in [1.165, 1.54) is 0 Å². The van der Waals surface area contributed by atoms with E-state index < -0.39 is 17.5 Å². The average Bonchev–Trinajstić information content (AvgIpc) is 2.38. The van der Waals surface area contributed by atoms with Crippen molar-refractivity contribution in [2.75, 3.05) is 11.9 Å². The topological polar surface area (TPSA) is 64.6 Å². The molecule has 1 aromatic carbocycles. The first-order valence-corrected chi connectivity index (χ1v) is 5.90. The van der Waals surface area contributed by atoms with Crippen LogP contribution in [0.3, 0.4) is 0 Å². The number of esters is 2. The Morgan fingerprint density at radius 1 is 1.39 bits per heavy atom. The van der Waals surface area contributed by atoms with Crippen molar-refractivity contribution in [3.05, 3.63) is 24.3 Å². The SMILES string of the molecule is CCOC(=O)C1(CC)Nc2ccccc2OC1=O. The van der Waals surface area contributed by atoms with Gasteiger partial charge in [-0.05, 0) is 25.5 Å². The number of carbonyl (C=O) groups excluding carboxylic acids is 2. The Hall–Kier alpha value is -2.04. The van der Waals surface area contributed by atoms with Gasteiger partial charge in [0.1, 0.15) is 0 Å². The monoisotopic (exact) mass is 249 g/mol. The first-order chi connectivity index (χ1) is 8.64. The molecule has 0 saturated carbocycles. The number of nitrogens with one attached hydrogen (secondary N) is 1. The van der Waals surface area contributed by atoms with Gasteiger partial charge in [0.15, 0.2) is 5.75 Å². The molecule has 5 heteroatoms. The summed E-state index contributed by atoms with van der Waals surface area (Å²) in [4.78, 5) is 24.0. The lowest BCUT2D eigenvalue weighted by atomic mass is 9.94. The molecule has 1 unspecified atom stereocenters. The molecule has 1 N–H and O–H groups in total. The van der Waals surface area contributed by atoms with E-state index >= 15 is 0 Å². The van der Waals surface area contributed by atoms with Gasteiger partial charge in [0.25, 0.3) is 0 Å². The molecule has 1 aliphatic rings. The van der Waals surface area contributed by atoms with Crippen molar-refractivity contribution in [3.8, 4) is 5.75 Å². The van der Waals surface area contributed by atoms with Gasteiger partial charge in [0, 0.05) is 0 Å². The first kappa shape index (κ1) is 12.4. The molecule has 0 aliphatic carbocycles. The van der Waals surface area contributed by atoms with Gasteiger partial charge >= 0.3 is 11.9 Å². The maximum atomic E-state index is 12.0. The first-order valence-electron chi connectivity index (χ1n) is 5.90. The fourth-order valence-electron chi connectivity index (χ4n) is 1.89. The summed E-state index contributed by atoms with van der Waals surface area (Å²) >= 11 is 0. The predicted molar refractivity (Wildman–Crippen MR) is 65.4 cm³/mol. The molecular weight excluding hydrogens is 234 g/mol. The van der Waals surface area contributed by atoms with E-state index in [0.717, 1.165) is 0 Å². The second-order valence-corrected chi connectivity index (χ2v) is 3.99. The van der Waals surface area contributed by atoms with Gasteiger partial charge in [-0.25, -0.2) is 9.59 Å². The van der Waals surface area contributed by atoms with Crippen LogP contribution in [-0.2, 0) is 14.3 Å². The zero-order valence-corrected chi connectivity index (χ0v) is 10.4. The number of fused-ring (bicyclic) bond motifs is 1. The third-order valence-electron chi connectivity index (χ3n) is 2.94. The van der Waals surface area contributed by atoms with Crippen molar-refractivity contribution in [3.63, 3.8) is 0 Å². The zero-order chi connectivity index (χ0) is 13.2. The molecular formula is C13H15NO4. The predicted octanol–water partition coefficient (Wildman–Crippen LogP) is 1.73. The number of para-hydroxylation sites is 2. The van der Waals surface area contributed by atoms with Crippen LogP contribution in [0, 0.1) is 0 Å². The number of carbonyl (C=O) groups is 2. The van der Waals surface area contributed by atoms with Gasteiger partial charge in [-0.1, -0.05) is 19.1 Å². The standard InChI is InChI=1S/C13H15NO4/c1-3-13(11(15)17-4-2)12(16)18-10-8-6-5-7-9(10)14-13/h5-8,14H,3-4H2,1-2H3. The highest BCUT2D eigenvalue weighted by Gasteiger charge is 2.50. The minimum Gasteiger partial charge on any atom is -0.464 e. The highest BCUT2D eigenvalue weighted by molar-refractivity contribution is 6.10. The molecule has 0 amide bonds. The summed E-state index contributed by atoms with van der Waals surface area (Å²) in [6.45, 7) is 3.65. The van der Waals surface area contributed by atoms with Gasteiger partial charge < -0.3 is 14.8 Å². The van der Waals surface area contributed by atoms with Crippen LogP contribution in [0.5, 0.6) is 5.75 Å². The number of rotatable bonds is 3. The normalized spacial score (nSPS) is 21.6. The Kier molecular flexibility index (Phi) is 3.23. The Balaban J connectivity index is 2.39. The van der Waals surface area contributed by atoms with Crippen molar-refractivity contribution in [1.82, 2.24) is 0 Å². The molecule has 2 rings (SSSR count). The zero-order valence-electron chi connectivity index (χ0n) is 10.4. The van der Waals surface area contributed by atoms with E-state index in [-0.39, 0.29) is 13.0 Å². The highest BCUT2D eigenvalue weighted by Crippen LogP contribution is 2.35. The maximum Gasteiger partial charge on any atom is 0.349 e. The van der Waals surface area contributed by atoms with Crippen LogP contribution < -0.4 is 10.1 Å². The van der Waals surface area contributed by atoms with Crippen LogP contribution in [0.1, 0.15) is 20.3 Å². The third kappa shape index (κ3) is 1.81. The molecule has 1 atom stereocenters. The van der Waals surface area contributed by atoms with E-state index in [1.54, 1.807) is 38.1 Å². The lowest BCUT2D eigenvalue weighted by Gasteiger charge is -2.34. The quantitative estimate of drug-likeness (QED) is 0.502. The fraction of sp³-hybridized carbons (Fsp3) is 0.385. The molecule has 0 spiro atoms. The molecule has 18 heavy (non-hydrogen) atoms. The van der Waals surface area contributed by atoms with Gasteiger partial charge in [0.2, 0.25) is 5.54 Å². The van der Waals surface area contributed by atoms with E-state index in [9.17, 15) is 9.59 Å². The van der Waals surface area contributed by atoms with E-state index in [2.05, 4.69) is 5.32 Å². The highest BCUT2D eigenvalue weighted by atomic mass is 16.6. The lowest BCUT2D eigenvalue weighted by molar-refractivity contribution is -0.158. The Morgan fingerprint density at radius 3 is 2.78 bits per heavy atom. The summed E-state index contributed by atoms with van der Waals surface area (Å²) in [5.74, 6) is -0.801. The second kappa shape index (κ2) is 4.68. The molecule has 0 saturated heterocycles. The summed E-state index contributed by atoms with van der Waals surface area (Å²) in [7, 11) is 0. The van der Waals surface area contributed by atoms with Crippen LogP contribution in [-0.4, -0.2) is 24.1 Å². The number of anilines is 1. The second-order valence-electron chi connectivity index (χ2n) is 3.99. The summed E-state index contributed by atoms with van der Waals surface area (Å²) < 4.78 is 10.2. The van der Waals surface area contributed by atoms with Crippen molar-refractivity contribution in [2.45, 2.75) is 25.8 Å². The van der Waals surface area contributed by atoms with Crippen LogP contribution in [0.2, 0.25) is 0 Å². The smallest absolute Gasteiger partial charge is 0.349 e. The molecule has 0 fully saturated rings. The van der Waals surface area contributed by atoms with Crippen LogP contribution in [0.25, 0.3) is 0 Å². The summed E-state index contributed by atoms with van der Waals surface area (Å²) in [6, 6.07) is 6.99. The van der Waals surface area contributed by atoms with E-state index in [4.69, 9.17) is 9.47 Å². The summed E-state index contributed by atoms with van der Waals surface area (Å²) in [6.07, 6.45) is 0.263. The van der Waals surface area contributed by atoms with Crippen molar-refractivity contribution >= 4 is 17.6 Å². The molecule has 1 aliphatic heterocycles. The molecule has 96 valence electrons. The summed E-state index contributed by atoms with van der Waals surface area (Å²) in [5, 5.41) is 2.95. The Labute approximate surface area is 105 Å². The number of benzene rings is 1. The maximum absolute atomic E-state index is 12.0. The number of hydrogen-bond donors (Lipinski definition) is 1. The molecule has 0 aromatic heterocycles. The van der Waals surface area contributed by atoms with Gasteiger partial charge in [0.05, 0.1) is 12.3 Å². The molecule has 5 nitrogen and oxygen atoms in total. The summed E-state index contributed by atoms with van der Waals surface area (Å²) in [5.41, 5.74) is -0.823. The number of ether oxygens (including phenoxy) is 2. The van der Waals surface area contributed by atoms with Crippen LogP contribution in [0.4, 0.5) is 5.69 Å². The molecule has 0 radical (unpaired) electrons. The third-order valence-corrected chi connectivity index (χ3v) is 2.94. The minimum atomic E-state index is -1.44. The molecule has 0 bridgehead atoms. The van der Waals surface area contributed by atoms with Crippen molar-refractivity contribution in [2.24, 2.45) is 0 Å². The van der Waals surface area contributed by atoms with Crippen LogP contribution in [0.15, 0.2) is 24.3 Å². The van der Waals surface area contributed by atoms with E-state index in [0.29, 0.717) is 11.4 Å². The fourth-order valence-corrected chi connectivity index (χ4v) is 1.89. The minimum absolute atomic E-state index is 0.219. The lowest BCUT2D eigenvalue weighted by Crippen LogP contribution is -2.57. The van der Waals surface area contributed by atoms with Crippen molar-refractivity contribution in [1.29, 1.82) is 0 Å². The molecule has 1 aromatic rings. The largest absolute Gasteiger partial charge is 0.464 e. The van der Waals surface area contributed by atoms with E-state index in [1.807, 2.05) is 0 Å². The molecule has 1 heterocycles. The Morgan fingerprint density at radius 2 is 2.11 bits per heavy atom. The van der Waals surface area contributed by atoms with Gasteiger partial charge in [-0.3, -0.25) is 0 Å². The van der Waals surface area contributed by atoms with Crippen molar-refractivity contribution < 1.29 is 19.1 Å². The van der Waals surface area contributed by atoms with Gasteiger partial charge in [-0.2, -0.15) is 0 Å². The number of hydrogen-bond acceptors (Lipinski definition) is 5. The average molecular weight is 249 g/mol. The van der Waals surface area contributed by atoms with Gasteiger partial charge in [-0.15, -0.1) is 0 Å². The Bertz CT molecular complexity index is 486.